The summed E-state index contributed by atoms with van der Waals surface area (Å²) < 4.78 is 0. The van der Waals surface area contributed by atoms with Crippen molar-refractivity contribution in [3.8, 4) is 0 Å². The minimum atomic E-state index is 0.0309. The van der Waals surface area contributed by atoms with Crippen LogP contribution in [0.4, 0.5) is 5.69 Å². The molecule has 0 saturated carbocycles. The number of aliphatic hydroxyl groups excluding tert-OH is 1. The van der Waals surface area contributed by atoms with E-state index in [1.165, 1.54) is 0 Å². The first-order valence-corrected chi connectivity index (χ1v) is 7.02. The fraction of sp³-hybridized carbons (Fsp3) is 0.375. The van der Waals surface area contributed by atoms with Crippen LogP contribution in [0.3, 0.4) is 0 Å². The van der Waals surface area contributed by atoms with E-state index in [9.17, 15) is 14.7 Å². The van der Waals surface area contributed by atoms with Crippen LogP contribution in [0.15, 0.2) is 29.8 Å². The summed E-state index contributed by atoms with van der Waals surface area (Å²) in [7, 11) is 1.98. The van der Waals surface area contributed by atoms with Crippen LogP contribution in [-0.4, -0.2) is 48.4 Å². The number of rotatable bonds is 3. The Hall–Kier alpha value is -1.98. The van der Waals surface area contributed by atoms with Gasteiger partial charge in [-0.1, -0.05) is 18.2 Å². The van der Waals surface area contributed by atoms with Crippen molar-refractivity contribution in [1.29, 1.82) is 0 Å². The molecule has 1 aromatic rings. The van der Waals surface area contributed by atoms with Gasteiger partial charge in [0.05, 0.1) is 12.3 Å². The van der Waals surface area contributed by atoms with Crippen molar-refractivity contribution in [2.45, 2.75) is 18.4 Å². The van der Waals surface area contributed by atoms with Gasteiger partial charge in [-0.25, -0.2) is 0 Å². The maximum Gasteiger partial charge on any atom is 0.211 e. The number of likely N-dealkylation sites (N-methyl/N-ethyl adjacent to an activating group) is 1. The number of benzene rings is 1. The summed E-state index contributed by atoms with van der Waals surface area (Å²) in [5.41, 5.74) is 3.07. The molecule has 5 nitrogen and oxygen atoms in total. The highest BCUT2D eigenvalue weighted by molar-refractivity contribution is 6.05. The lowest BCUT2D eigenvalue weighted by Crippen LogP contribution is -2.45. The van der Waals surface area contributed by atoms with Crippen LogP contribution in [0.5, 0.6) is 0 Å². The fourth-order valence-electron chi connectivity index (χ4n) is 3.45. The number of nitrogens with zero attached hydrogens (tertiary/aromatic N) is 1. The fourth-order valence-corrected chi connectivity index (χ4v) is 3.45. The molecule has 3 rings (SSSR count). The molecule has 2 N–H and O–H groups in total. The van der Waals surface area contributed by atoms with E-state index in [0.29, 0.717) is 30.6 Å². The van der Waals surface area contributed by atoms with Gasteiger partial charge in [-0.15, -0.1) is 0 Å². The summed E-state index contributed by atoms with van der Waals surface area (Å²) in [5.74, 6) is 0.135. The van der Waals surface area contributed by atoms with E-state index in [2.05, 4.69) is 16.3 Å². The van der Waals surface area contributed by atoms with E-state index in [4.69, 9.17) is 0 Å². The van der Waals surface area contributed by atoms with Crippen LogP contribution in [-0.2, 0) is 4.79 Å². The van der Waals surface area contributed by atoms with Gasteiger partial charge in [-0.05, 0) is 24.3 Å². The number of ketones is 1. The monoisotopic (exact) mass is 286 g/mol. The second-order valence-electron chi connectivity index (χ2n) is 5.65. The molecule has 2 aliphatic rings. The number of hydrogen-bond acceptors (Lipinski definition) is 4. The lowest BCUT2D eigenvalue weighted by molar-refractivity contribution is -0.105. The number of amides is 1. The first-order chi connectivity index (χ1) is 10.2. The second-order valence-corrected chi connectivity index (χ2v) is 5.65. The Morgan fingerprint density at radius 2 is 2.29 bits per heavy atom. The van der Waals surface area contributed by atoms with E-state index in [1.807, 2.05) is 19.2 Å². The van der Waals surface area contributed by atoms with Crippen molar-refractivity contribution in [3.05, 3.63) is 41.0 Å². The quantitative estimate of drug-likeness (QED) is 0.646. The van der Waals surface area contributed by atoms with Gasteiger partial charge >= 0.3 is 0 Å². The Kier molecular flexibility index (Phi) is 3.61. The molecule has 0 saturated heterocycles. The summed E-state index contributed by atoms with van der Waals surface area (Å²) in [6.45, 7) is 0.718. The zero-order valence-corrected chi connectivity index (χ0v) is 11.9. The second kappa shape index (κ2) is 5.42. The van der Waals surface area contributed by atoms with Gasteiger partial charge in [0.25, 0.3) is 0 Å². The predicted molar refractivity (Wildman–Crippen MR) is 79.4 cm³/mol. The topological polar surface area (TPSA) is 69.6 Å². The molecule has 1 amide bonds. The molecule has 2 unspecified atom stereocenters. The minimum Gasteiger partial charge on any atom is -0.392 e. The van der Waals surface area contributed by atoms with Gasteiger partial charge in [0.2, 0.25) is 6.41 Å². The Morgan fingerprint density at radius 3 is 3.00 bits per heavy atom. The van der Waals surface area contributed by atoms with E-state index >= 15 is 0 Å². The Morgan fingerprint density at radius 1 is 1.48 bits per heavy atom. The molecule has 1 heterocycles. The number of fused-ring (bicyclic) bond motifs is 3. The smallest absolute Gasteiger partial charge is 0.211 e. The zero-order valence-electron chi connectivity index (χ0n) is 11.9. The van der Waals surface area contributed by atoms with E-state index < -0.39 is 0 Å². The predicted octanol–water partition coefficient (Wildman–Crippen LogP) is 1.16. The summed E-state index contributed by atoms with van der Waals surface area (Å²) in [6, 6.07) is 5.65. The normalized spacial score (nSPS) is 24.9. The third-order valence-corrected chi connectivity index (χ3v) is 4.40. The molecule has 110 valence electrons. The number of carbonyl (C=O) groups is 2. The minimum absolute atomic E-state index is 0.0309. The molecule has 0 spiro atoms. The number of nitrogens with one attached hydrogen (secondary N) is 1. The van der Waals surface area contributed by atoms with Crippen LogP contribution in [0.1, 0.15) is 28.3 Å². The highest BCUT2D eigenvalue weighted by Crippen LogP contribution is 2.40. The highest BCUT2D eigenvalue weighted by Gasteiger charge is 2.38. The molecule has 5 heteroatoms. The largest absolute Gasteiger partial charge is 0.392 e. The van der Waals surface area contributed by atoms with Gasteiger partial charge in [0, 0.05) is 30.5 Å². The maximum absolute atomic E-state index is 12.5. The summed E-state index contributed by atoms with van der Waals surface area (Å²) >= 11 is 0. The van der Waals surface area contributed by atoms with Crippen LogP contribution in [0, 0.1) is 0 Å². The zero-order chi connectivity index (χ0) is 15.0. The Bertz CT molecular complexity index is 624. The van der Waals surface area contributed by atoms with Crippen molar-refractivity contribution in [2.24, 2.45) is 0 Å². The number of Topliss-reactive ketones (excluding diaryl/α,β-unsaturated/α-hetero) is 1. The van der Waals surface area contributed by atoms with E-state index in [-0.39, 0.29) is 24.3 Å². The molecule has 0 bridgehead atoms. The first-order valence-electron chi connectivity index (χ1n) is 7.02. The summed E-state index contributed by atoms with van der Waals surface area (Å²) in [6.07, 6.45) is 3.10. The summed E-state index contributed by atoms with van der Waals surface area (Å²) in [5, 5.41) is 12.0. The van der Waals surface area contributed by atoms with E-state index in [0.717, 1.165) is 11.1 Å². The highest BCUT2D eigenvalue weighted by atomic mass is 16.3. The average molecular weight is 286 g/mol. The third kappa shape index (κ3) is 2.28. The molecule has 1 aliphatic carbocycles. The van der Waals surface area contributed by atoms with Gasteiger partial charge < -0.3 is 10.4 Å². The molecular weight excluding hydrogens is 268 g/mol. The van der Waals surface area contributed by atoms with Crippen LogP contribution < -0.4 is 5.32 Å². The number of anilines is 1. The Labute approximate surface area is 123 Å². The van der Waals surface area contributed by atoms with Gasteiger partial charge in [0.15, 0.2) is 5.78 Å². The SMILES string of the molecule is CN1CC(CO)=CC2c3cccc(NC=O)c3C(=O)CC21. The van der Waals surface area contributed by atoms with Crippen LogP contribution >= 0.6 is 0 Å². The number of aliphatic hydroxyl groups is 1. The van der Waals surface area contributed by atoms with Crippen molar-refractivity contribution in [3.63, 3.8) is 0 Å². The molecule has 2 atom stereocenters. The van der Waals surface area contributed by atoms with Gasteiger partial charge in [-0.3, -0.25) is 14.5 Å². The molecule has 0 aromatic heterocycles. The van der Waals surface area contributed by atoms with Gasteiger partial charge in [-0.2, -0.15) is 0 Å². The molecule has 0 radical (unpaired) electrons. The first kappa shape index (κ1) is 14.0. The third-order valence-electron chi connectivity index (χ3n) is 4.40. The average Bonchev–Trinajstić information content (AvgIpc) is 2.48. The molecule has 0 fully saturated rings. The lowest BCUT2D eigenvalue weighted by Gasteiger charge is -2.41. The molecule has 1 aliphatic heterocycles. The van der Waals surface area contributed by atoms with E-state index in [1.54, 1.807) is 6.07 Å². The van der Waals surface area contributed by atoms with Crippen LogP contribution in [0.25, 0.3) is 0 Å². The molecular formula is C16H18N2O3. The molecule has 1 aromatic carbocycles. The number of hydrogen-bond donors (Lipinski definition) is 2. The Balaban J connectivity index is 2.13. The van der Waals surface area contributed by atoms with Crippen molar-refractivity contribution < 1.29 is 14.7 Å². The standard InChI is InChI=1S/C16H18N2O3/c1-18-7-10(8-19)5-12-11-3-2-4-13(17-9-20)16(11)15(21)6-14(12)18/h2-5,9,12,14,19H,6-8H2,1H3,(H,17,20). The van der Waals surface area contributed by atoms with Crippen molar-refractivity contribution in [2.75, 3.05) is 25.5 Å². The van der Waals surface area contributed by atoms with Crippen molar-refractivity contribution in [1.82, 2.24) is 4.90 Å². The van der Waals surface area contributed by atoms with Gasteiger partial charge in [0.1, 0.15) is 0 Å². The van der Waals surface area contributed by atoms with Crippen LogP contribution in [0.2, 0.25) is 0 Å². The maximum atomic E-state index is 12.5. The summed E-state index contributed by atoms with van der Waals surface area (Å²) in [4.78, 5) is 25.3. The molecule has 21 heavy (non-hydrogen) atoms. The van der Waals surface area contributed by atoms with Crippen molar-refractivity contribution >= 4 is 17.9 Å². The lowest BCUT2D eigenvalue weighted by atomic mass is 9.75. The number of carbonyl (C=O) groups excluding carboxylic acids is 2.